The third-order valence-electron chi connectivity index (χ3n) is 0.794. The smallest absolute Gasteiger partial charge is 0.201 e. The van der Waals surface area contributed by atoms with Crippen molar-refractivity contribution in [2.24, 2.45) is 0 Å². The van der Waals surface area contributed by atoms with Crippen molar-refractivity contribution in [3.8, 4) is 0 Å². The second-order valence-electron chi connectivity index (χ2n) is 2.08. The summed E-state index contributed by atoms with van der Waals surface area (Å²) in [5.74, 6) is 0. The van der Waals surface area contributed by atoms with Crippen molar-refractivity contribution in [1.29, 1.82) is 0 Å². The van der Waals surface area contributed by atoms with Crippen LogP contribution in [0.25, 0.3) is 0 Å². The average Bonchev–Trinajstić information content (AvgIpc) is 1.79. The molecule has 0 heterocycles. The van der Waals surface area contributed by atoms with Crippen LogP contribution in [0.2, 0.25) is 0 Å². The summed E-state index contributed by atoms with van der Waals surface area (Å²) in [6.07, 6.45) is 0.159. The Hall–Kier alpha value is -0.130. The second kappa shape index (κ2) is 5.64. The lowest BCUT2D eigenvalue weighted by Crippen LogP contribution is -2.19. The van der Waals surface area contributed by atoms with E-state index < -0.39 is 10.9 Å². The number of nitrogens with one attached hydrogen (secondary N) is 1. The van der Waals surface area contributed by atoms with Crippen LogP contribution in [0, 0.1) is 0 Å². The van der Waals surface area contributed by atoms with Crippen molar-refractivity contribution >= 4 is 10.9 Å². The van der Waals surface area contributed by atoms with Crippen molar-refractivity contribution in [1.82, 2.24) is 4.72 Å². The first kappa shape index (κ1) is 9.87. The molecule has 10 heavy (non-hydrogen) atoms. The number of hydrogen-bond donors (Lipinski definition) is 2. The summed E-state index contributed by atoms with van der Waals surface area (Å²) in [4.78, 5) is 0. The fraction of sp³-hybridized carbons (Fsp3) is 1.00. The van der Waals surface area contributed by atoms with Crippen molar-refractivity contribution in [2.45, 2.75) is 20.0 Å². The first-order valence-electron chi connectivity index (χ1n) is 3.12. The van der Waals surface area contributed by atoms with Gasteiger partial charge >= 0.3 is 0 Å². The molecule has 0 bridgehead atoms. The largest absolute Gasteiger partial charge is 0.377 e. The highest BCUT2D eigenvalue weighted by Gasteiger charge is 1.91. The molecule has 0 spiro atoms. The molecule has 0 aliphatic heterocycles. The van der Waals surface area contributed by atoms with E-state index in [0.717, 1.165) is 0 Å². The first-order chi connectivity index (χ1) is 4.63. The van der Waals surface area contributed by atoms with E-state index in [9.17, 15) is 8.42 Å². The van der Waals surface area contributed by atoms with Gasteiger partial charge in [0.1, 0.15) is 0 Å². The van der Waals surface area contributed by atoms with E-state index in [2.05, 4.69) is 4.72 Å². The van der Waals surface area contributed by atoms with Gasteiger partial charge in [0.15, 0.2) is 0 Å². The van der Waals surface area contributed by atoms with Crippen molar-refractivity contribution in [3.05, 3.63) is 0 Å². The molecule has 5 heteroatoms. The Morgan fingerprint density at radius 1 is 1.50 bits per heavy atom. The van der Waals surface area contributed by atoms with Crippen molar-refractivity contribution in [3.63, 3.8) is 0 Å². The molecular weight excluding hydrogens is 154 g/mol. The maximum Gasteiger partial charge on any atom is 0.201 e. The second-order valence-corrected chi connectivity index (χ2v) is 2.92. The fourth-order valence-electron chi connectivity index (χ4n) is 0.432. The monoisotopic (exact) mass is 167 g/mol. The summed E-state index contributed by atoms with van der Waals surface area (Å²) in [5, 5.41) is 0. The topological polar surface area (TPSA) is 55.4 Å². The van der Waals surface area contributed by atoms with Crippen LogP contribution in [0.1, 0.15) is 13.8 Å². The average molecular weight is 167 g/mol. The van der Waals surface area contributed by atoms with Crippen LogP contribution in [0.3, 0.4) is 0 Å². The van der Waals surface area contributed by atoms with Gasteiger partial charge in [-0.2, -0.15) is 0 Å². The molecule has 0 aromatic carbocycles. The molecule has 0 aliphatic rings. The predicted octanol–water partition coefficient (Wildman–Crippen LogP) is -0.473. The molecule has 0 unspecified atom stereocenters. The van der Waals surface area contributed by atoms with E-state index in [-0.39, 0.29) is 6.10 Å². The minimum Gasteiger partial charge on any atom is -0.377 e. The standard InChI is InChI=1S/C5H13NO3S/c1-5(2)9-4-3-6-10(7)8/h5,10H,3-4H2,1-2H3,(H,6,7,8). The fourth-order valence-corrected chi connectivity index (χ4v) is 0.705. The molecule has 0 fully saturated rings. The van der Waals surface area contributed by atoms with Gasteiger partial charge in [-0.3, -0.25) is 0 Å². The Kier molecular flexibility index (Phi) is 5.57. The number of ether oxygens (including phenoxy) is 1. The summed E-state index contributed by atoms with van der Waals surface area (Å²) >= 11 is 0. The minimum atomic E-state index is -2.46. The SMILES string of the molecule is CC(C)OCCN[SH](=O)=O. The van der Waals surface area contributed by atoms with Gasteiger partial charge in [0, 0.05) is 6.54 Å². The van der Waals surface area contributed by atoms with Crippen LogP contribution in [0.4, 0.5) is 0 Å². The lowest BCUT2D eigenvalue weighted by Gasteiger charge is -2.04. The quantitative estimate of drug-likeness (QED) is 0.430. The number of hydrogen-bond acceptors (Lipinski definition) is 3. The lowest BCUT2D eigenvalue weighted by molar-refractivity contribution is 0.0835. The zero-order valence-corrected chi connectivity index (χ0v) is 7.06. The van der Waals surface area contributed by atoms with Crippen LogP contribution in [0.15, 0.2) is 0 Å². The van der Waals surface area contributed by atoms with Gasteiger partial charge in [-0.05, 0) is 13.8 Å². The lowest BCUT2D eigenvalue weighted by atomic mass is 10.5. The van der Waals surface area contributed by atoms with Gasteiger partial charge in [0.05, 0.1) is 12.7 Å². The highest BCUT2D eigenvalue weighted by atomic mass is 32.2. The zero-order valence-electron chi connectivity index (χ0n) is 6.16. The third kappa shape index (κ3) is 7.87. The third-order valence-corrected chi connectivity index (χ3v) is 1.28. The van der Waals surface area contributed by atoms with Gasteiger partial charge < -0.3 is 4.74 Å². The predicted molar refractivity (Wildman–Crippen MR) is 39.4 cm³/mol. The summed E-state index contributed by atoms with van der Waals surface area (Å²) in [6.45, 7) is 4.59. The zero-order chi connectivity index (χ0) is 7.98. The molecule has 0 amide bonds. The molecule has 0 atom stereocenters. The minimum absolute atomic E-state index is 0.159. The van der Waals surface area contributed by atoms with E-state index in [0.29, 0.717) is 13.2 Å². The molecule has 1 N–H and O–H groups in total. The maximum atomic E-state index is 9.91. The normalized spacial score (nSPS) is 11.2. The Morgan fingerprint density at radius 2 is 2.10 bits per heavy atom. The summed E-state index contributed by atoms with van der Waals surface area (Å²) in [7, 11) is -2.46. The van der Waals surface area contributed by atoms with Gasteiger partial charge in [-0.15, -0.1) is 0 Å². The maximum absolute atomic E-state index is 9.91. The summed E-state index contributed by atoms with van der Waals surface area (Å²) < 4.78 is 27.1. The van der Waals surface area contributed by atoms with Crippen LogP contribution in [0.5, 0.6) is 0 Å². The molecule has 62 valence electrons. The van der Waals surface area contributed by atoms with Gasteiger partial charge in [0.25, 0.3) is 0 Å². The Labute approximate surface area is 62.7 Å². The molecule has 4 nitrogen and oxygen atoms in total. The molecule has 0 saturated heterocycles. The van der Waals surface area contributed by atoms with E-state index in [1.165, 1.54) is 0 Å². The Balaban J connectivity index is 3.06. The highest BCUT2D eigenvalue weighted by Crippen LogP contribution is 1.84. The molecule has 0 saturated carbocycles. The summed E-state index contributed by atoms with van der Waals surface area (Å²) in [6, 6.07) is 0. The number of thiol groups is 1. The van der Waals surface area contributed by atoms with Crippen LogP contribution in [-0.4, -0.2) is 27.7 Å². The highest BCUT2D eigenvalue weighted by molar-refractivity contribution is 7.70. The van der Waals surface area contributed by atoms with E-state index in [4.69, 9.17) is 4.74 Å². The van der Waals surface area contributed by atoms with Gasteiger partial charge in [-0.25, -0.2) is 13.1 Å². The van der Waals surface area contributed by atoms with Crippen LogP contribution < -0.4 is 4.72 Å². The Bertz CT molecular complexity index is 136. The Morgan fingerprint density at radius 3 is 2.50 bits per heavy atom. The van der Waals surface area contributed by atoms with Gasteiger partial charge in [-0.1, -0.05) is 0 Å². The van der Waals surface area contributed by atoms with E-state index >= 15 is 0 Å². The van der Waals surface area contributed by atoms with Crippen molar-refractivity contribution < 1.29 is 13.2 Å². The number of rotatable bonds is 5. The molecule has 0 aliphatic carbocycles. The van der Waals surface area contributed by atoms with Crippen LogP contribution in [-0.2, 0) is 15.6 Å². The van der Waals surface area contributed by atoms with Gasteiger partial charge in [0.2, 0.25) is 10.9 Å². The molecular formula is C5H13NO3S. The first-order valence-corrected chi connectivity index (χ1v) is 4.30. The van der Waals surface area contributed by atoms with E-state index in [1.807, 2.05) is 13.8 Å². The van der Waals surface area contributed by atoms with Crippen LogP contribution >= 0.6 is 0 Å². The molecule has 0 rings (SSSR count). The van der Waals surface area contributed by atoms with Crippen molar-refractivity contribution in [2.75, 3.05) is 13.2 Å². The van der Waals surface area contributed by atoms with E-state index in [1.54, 1.807) is 0 Å². The molecule has 0 aromatic heterocycles. The summed E-state index contributed by atoms with van der Waals surface area (Å²) in [5.41, 5.74) is 0. The molecule has 0 radical (unpaired) electrons. The molecule has 0 aromatic rings.